The van der Waals surface area contributed by atoms with Crippen molar-refractivity contribution in [2.45, 2.75) is 18.9 Å². The number of anilines is 1. The van der Waals surface area contributed by atoms with Crippen molar-refractivity contribution in [3.63, 3.8) is 0 Å². The van der Waals surface area contributed by atoms with Crippen LogP contribution in [0.25, 0.3) is 0 Å². The Labute approximate surface area is 89.7 Å². The van der Waals surface area contributed by atoms with Crippen molar-refractivity contribution in [2.24, 2.45) is 5.73 Å². The van der Waals surface area contributed by atoms with E-state index in [9.17, 15) is 0 Å². The lowest BCUT2D eigenvalue weighted by Crippen LogP contribution is -2.35. The fourth-order valence-electron chi connectivity index (χ4n) is 2.08. The summed E-state index contributed by atoms with van der Waals surface area (Å²) in [5.41, 5.74) is 6.85. The molecule has 1 fully saturated rings. The van der Waals surface area contributed by atoms with Gasteiger partial charge in [-0.15, -0.1) is 0 Å². The molecule has 1 aromatic carbocycles. The minimum absolute atomic E-state index is 0.467. The number of benzene rings is 1. The smallest absolute Gasteiger partial charge is 0.0639 e. The summed E-state index contributed by atoms with van der Waals surface area (Å²) in [5.74, 6) is 0. The summed E-state index contributed by atoms with van der Waals surface area (Å²) in [6.07, 6.45) is 2.40. The lowest BCUT2D eigenvalue weighted by Gasteiger charge is -2.26. The molecule has 2 rings (SSSR count). The Hall–Kier alpha value is -0.730. The molecule has 3 heteroatoms. The molecule has 14 heavy (non-hydrogen) atoms. The molecule has 1 aliphatic heterocycles. The Morgan fingerprint density at radius 2 is 2.21 bits per heavy atom. The summed E-state index contributed by atoms with van der Waals surface area (Å²) in [5, 5.41) is 0.827. The van der Waals surface area contributed by atoms with Gasteiger partial charge in [0.05, 0.1) is 10.7 Å². The number of para-hydroxylation sites is 1. The van der Waals surface area contributed by atoms with Crippen LogP contribution in [0, 0.1) is 0 Å². The average molecular weight is 211 g/mol. The molecule has 0 bridgehead atoms. The summed E-state index contributed by atoms with van der Waals surface area (Å²) in [7, 11) is 0. The van der Waals surface area contributed by atoms with E-state index in [2.05, 4.69) is 11.0 Å². The molecule has 2 N–H and O–H groups in total. The zero-order valence-corrected chi connectivity index (χ0v) is 8.87. The molecule has 0 spiro atoms. The molecule has 1 saturated heterocycles. The first kappa shape index (κ1) is 9.81. The molecule has 0 radical (unpaired) electrons. The van der Waals surface area contributed by atoms with Gasteiger partial charge < -0.3 is 10.6 Å². The van der Waals surface area contributed by atoms with Crippen LogP contribution in [0.2, 0.25) is 5.02 Å². The predicted molar refractivity (Wildman–Crippen MR) is 60.9 cm³/mol. The maximum absolute atomic E-state index is 6.14. The van der Waals surface area contributed by atoms with E-state index >= 15 is 0 Å². The highest BCUT2D eigenvalue weighted by molar-refractivity contribution is 6.33. The minimum Gasteiger partial charge on any atom is -0.366 e. The number of hydrogen-bond acceptors (Lipinski definition) is 2. The standard InChI is InChI=1S/C11H15ClN2/c12-10-5-1-2-6-11(10)14-7-3-4-9(14)8-13/h1-2,5-6,9H,3-4,7-8,13H2. The molecule has 1 aromatic rings. The van der Waals surface area contributed by atoms with Crippen molar-refractivity contribution in [2.75, 3.05) is 18.0 Å². The number of nitrogens with zero attached hydrogens (tertiary/aromatic N) is 1. The quantitative estimate of drug-likeness (QED) is 0.812. The monoisotopic (exact) mass is 210 g/mol. The Morgan fingerprint density at radius 3 is 2.93 bits per heavy atom. The van der Waals surface area contributed by atoms with Crippen molar-refractivity contribution >= 4 is 17.3 Å². The summed E-state index contributed by atoms with van der Waals surface area (Å²) >= 11 is 6.14. The highest BCUT2D eigenvalue weighted by atomic mass is 35.5. The highest BCUT2D eigenvalue weighted by Crippen LogP contribution is 2.30. The van der Waals surface area contributed by atoms with Crippen molar-refractivity contribution in [1.82, 2.24) is 0 Å². The Balaban J connectivity index is 2.26. The molecular weight excluding hydrogens is 196 g/mol. The Bertz CT molecular complexity index is 314. The molecule has 1 unspecified atom stereocenters. The van der Waals surface area contributed by atoms with Gasteiger partial charge >= 0.3 is 0 Å². The Kier molecular flexibility index (Phi) is 2.94. The van der Waals surface area contributed by atoms with E-state index in [4.69, 9.17) is 17.3 Å². The molecule has 1 heterocycles. The van der Waals surface area contributed by atoms with Gasteiger partial charge in [-0.3, -0.25) is 0 Å². The van der Waals surface area contributed by atoms with E-state index in [0.29, 0.717) is 12.6 Å². The zero-order valence-electron chi connectivity index (χ0n) is 8.12. The maximum Gasteiger partial charge on any atom is 0.0639 e. The summed E-state index contributed by atoms with van der Waals surface area (Å²) in [6, 6.07) is 8.45. The topological polar surface area (TPSA) is 29.3 Å². The van der Waals surface area contributed by atoms with Gasteiger partial charge in [0.15, 0.2) is 0 Å². The third kappa shape index (κ3) is 1.72. The van der Waals surface area contributed by atoms with Gasteiger partial charge in [0.25, 0.3) is 0 Å². The first-order valence-corrected chi connectivity index (χ1v) is 5.42. The third-order valence-electron chi connectivity index (χ3n) is 2.81. The van der Waals surface area contributed by atoms with E-state index in [1.165, 1.54) is 12.8 Å². The van der Waals surface area contributed by atoms with Gasteiger partial charge in [-0.05, 0) is 25.0 Å². The van der Waals surface area contributed by atoms with Crippen molar-refractivity contribution in [1.29, 1.82) is 0 Å². The molecule has 0 amide bonds. The van der Waals surface area contributed by atoms with Crippen LogP contribution in [0.3, 0.4) is 0 Å². The zero-order chi connectivity index (χ0) is 9.97. The number of halogens is 1. The number of hydrogen-bond donors (Lipinski definition) is 1. The van der Waals surface area contributed by atoms with Crippen LogP contribution in [0.4, 0.5) is 5.69 Å². The second kappa shape index (κ2) is 4.20. The Morgan fingerprint density at radius 1 is 1.43 bits per heavy atom. The minimum atomic E-state index is 0.467. The fourth-order valence-corrected chi connectivity index (χ4v) is 2.33. The molecule has 0 saturated carbocycles. The summed E-state index contributed by atoms with van der Waals surface area (Å²) in [6.45, 7) is 1.79. The van der Waals surface area contributed by atoms with Crippen LogP contribution >= 0.6 is 11.6 Å². The molecule has 1 atom stereocenters. The highest BCUT2D eigenvalue weighted by Gasteiger charge is 2.24. The lowest BCUT2D eigenvalue weighted by atomic mass is 10.2. The lowest BCUT2D eigenvalue weighted by molar-refractivity contribution is 0.677. The van der Waals surface area contributed by atoms with Crippen LogP contribution < -0.4 is 10.6 Å². The first-order valence-electron chi connectivity index (χ1n) is 5.04. The van der Waals surface area contributed by atoms with E-state index in [1.54, 1.807) is 0 Å². The average Bonchev–Trinajstić information content (AvgIpc) is 2.66. The van der Waals surface area contributed by atoms with Crippen molar-refractivity contribution < 1.29 is 0 Å². The number of rotatable bonds is 2. The van der Waals surface area contributed by atoms with Gasteiger partial charge in [-0.1, -0.05) is 23.7 Å². The summed E-state index contributed by atoms with van der Waals surface area (Å²) < 4.78 is 0. The molecule has 0 aliphatic carbocycles. The number of nitrogens with two attached hydrogens (primary N) is 1. The van der Waals surface area contributed by atoms with Gasteiger partial charge in [0.2, 0.25) is 0 Å². The van der Waals surface area contributed by atoms with Gasteiger partial charge in [0.1, 0.15) is 0 Å². The van der Waals surface area contributed by atoms with E-state index in [0.717, 1.165) is 17.3 Å². The van der Waals surface area contributed by atoms with E-state index in [-0.39, 0.29) is 0 Å². The molecule has 76 valence electrons. The van der Waals surface area contributed by atoms with Crippen molar-refractivity contribution in [3.05, 3.63) is 29.3 Å². The SMILES string of the molecule is NCC1CCCN1c1ccccc1Cl. The van der Waals surface area contributed by atoms with Crippen LogP contribution in [-0.2, 0) is 0 Å². The predicted octanol–water partition coefficient (Wildman–Crippen LogP) is 2.27. The fraction of sp³-hybridized carbons (Fsp3) is 0.455. The van der Waals surface area contributed by atoms with Gasteiger partial charge in [-0.2, -0.15) is 0 Å². The van der Waals surface area contributed by atoms with E-state index < -0.39 is 0 Å². The van der Waals surface area contributed by atoms with Crippen molar-refractivity contribution in [3.8, 4) is 0 Å². The third-order valence-corrected chi connectivity index (χ3v) is 3.13. The normalized spacial score (nSPS) is 21.6. The largest absolute Gasteiger partial charge is 0.366 e. The molecule has 1 aliphatic rings. The van der Waals surface area contributed by atoms with Crippen LogP contribution in [0.1, 0.15) is 12.8 Å². The molecular formula is C11H15ClN2. The molecule has 2 nitrogen and oxygen atoms in total. The van der Waals surface area contributed by atoms with Crippen LogP contribution in [0.5, 0.6) is 0 Å². The molecule has 0 aromatic heterocycles. The second-order valence-corrected chi connectivity index (χ2v) is 4.08. The van der Waals surface area contributed by atoms with Gasteiger partial charge in [-0.25, -0.2) is 0 Å². The second-order valence-electron chi connectivity index (χ2n) is 3.68. The van der Waals surface area contributed by atoms with Crippen LogP contribution in [0.15, 0.2) is 24.3 Å². The van der Waals surface area contributed by atoms with Gasteiger partial charge in [0, 0.05) is 19.1 Å². The first-order chi connectivity index (χ1) is 6.83. The maximum atomic E-state index is 6.14. The summed E-state index contributed by atoms with van der Waals surface area (Å²) in [4.78, 5) is 2.32. The van der Waals surface area contributed by atoms with E-state index in [1.807, 2.05) is 18.2 Å². The van der Waals surface area contributed by atoms with Crippen LogP contribution in [-0.4, -0.2) is 19.1 Å².